The molecule has 1 N–H and O–H groups in total. The van der Waals surface area contributed by atoms with E-state index < -0.39 is 11.7 Å². The molecule has 0 spiro atoms. The molecule has 0 heterocycles. The minimum atomic E-state index is -0.505. The van der Waals surface area contributed by atoms with Crippen molar-refractivity contribution < 1.29 is 9.18 Å². The number of carbonyl (C=O) groups excluding carboxylic acids is 1. The van der Waals surface area contributed by atoms with Gasteiger partial charge in [-0.15, -0.1) is 0 Å². The lowest BCUT2D eigenvalue weighted by Gasteiger charge is -2.07. The van der Waals surface area contributed by atoms with Gasteiger partial charge in [0.15, 0.2) is 0 Å². The molecule has 0 unspecified atom stereocenters. The Balaban J connectivity index is 3.05. The molecule has 0 aliphatic heterocycles. The van der Waals surface area contributed by atoms with Gasteiger partial charge in [-0.1, -0.05) is 22.0 Å². The number of nitrogens with zero attached hydrogens (tertiary/aromatic N) is 1. The maximum absolute atomic E-state index is 13.6. The maximum Gasteiger partial charge on any atom is 0.262 e. The van der Waals surface area contributed by atoms with E-state index in [0.717, 1.165) is 0 Å². The zero-order chi connectivity index (χ0) is 13.7. The molecule has 0 saturated carbocycles. The van der Waals surface area contributed by atoms with Crippen LogP contribution in [-0.4, -0.2) is 11.9 Å². The summed E-state index contributed by atoms with van der Waals surface area (Å²) < 4.78 is 14.2. The molecule has 18 heavy (non-hydrogen) atoms. The van der Waals surface area contributed by atoms with Gasteiger partial charge in [-0.25, -0.2) is 4.39 Å². The second-order valence-corrected chi connectivity index (χ2v) is 4.88. The average Bonchev–Trinajstić information content (AvgIpc) is 2.27. The third-order valence-electron chi connectivity index (χ3n) is 2.05. The molecule has 0 fully saturated rings. The first kappa shape index (κ1) is 14.4. The van der Waals surface area contributed by atoms with Gasteiger partial charge in [0, 0.05) is 16.1 Å². The first-order chi connectivity index (χ1) is 8.43. The van der Waals surface area contributed by atoms with E-state index in [2.05, 4.69) is 21.2 Å². The molecule has 1 aromatic carbocycles. The van der Waals surface area contributed by atoms with E-state index in [9.17, 15) is 9.18 Å². The van der Waals surface area contributed by atoms with E-state index in [4.69, 9.17) is 5.26 Å². The first-order valence-corrected chi connectivity index (χ1v) is 6.11. The number of rotatable bonds is 3. The summed E-state index contributed by atoms with van der Waals surface area (Å²) in [7, 11) is 0. The Morgan fingerprint density at radius 2 is 2.22 bits per heavy atom. The summed E-state index contributed by atoms with van der Waals surface area (Å²) in [5.74, 6) is -0.996. The summed E-state index contributed by atoms with van der Waals surface area (Å²) >= 11 is 3.14. The van der Waals surface area contributed by atoms with Crippen LogP contribution in [0, 0.1) is 17.1 Å². The van der Waals surface area contributed by atoms with Crippen LogP contribution in [0.1, 0.15) is 19.4 Å². The number of halogens is 2. The molecule has 0 aliphatic rings. The van der Waals surface area contributed by atoms with Crippen LogP contribution in [0.5, 0.6) is 0 Å². The van der Waals surface area contributed by atoms with Crippen molar-refractivity contribution >= 4 is 27.9 Å². The summed E-state index contributed by atoms with van der Waals surface area (Å²) in [4.78, 5) is 11.6. The van der Waals surface area contributed by atoms with Gasteiger partial charge in [0.25, 0.3) is 5.91 Å². The molecule has 1 rings (SSSR count). The Morgan fingerprint density at radius 3 is 2.72 bits per heavy atom. The largest absolute Gasteiger partial charge is 0.349 e. The van der Waals surface area contributed by atoms with Gasteiger partial charge in [-0.3, -0.25) is 4.79 Å². The number of nitrogens with one attached hydrogen (secondary N) is 1. The topological polar surface area (TPSA) is 52.9 Å². The van der Waals surface area contributed by atoms with E-state index in [1.165, 1.54) is 18.2 Å². The van der Waals surface area contributed by atoms with Crippen LogP contribution in [0.3, 0.4) is 0 Å². The van der Waals surface area contributed by atoms with E-state index in [1.54, 1.807) is 26.0 Å². The lowest BCUT2D eigenvalue weighted by molar-refractivity contribution is -0.117. The quantitative estimate of drug-likeness (QED) is 0.689. The minimum Gasteiger partial charge on any atom is -0.349 e. The normalized spacial score (nSPS) is 11.2. The van der Waals surface area contributed by atoms with Crippen molar-refractivity contribution in [1.82, 2.24) is 5.32 Å². The number of nitriles is 1. The highest BCUT2D eigenvalue weighted by Gasteiger charge is 2.11. The summed E-state index contributed by atoms with van der Waals surface area (Å²) in [5.41, 5.74) is 0.0820. The molecule has 3 nitrogen and oxygen atoms in total. The molecule has 94 valence electrons. The van der Waals surface area contributed by atoms with Crippen molar-refractivity contribution in [3.8, 4) is 6.07 Å². The SMILES string of the molecule is CC(C)NC(=O)C(C#N)=Cc1ccc(Br)cc1F. The lowest BCUT2D eigenvalue weighted by Crippen LogP contribution is -2.30. The first-order valence-electron chi connectivity index (χ1n) is 5.31. The Morgan fingerprint density at radius 1 is 1.56 bits per heavy atom. The van der Waals surface area contributed by atoms with Gasteiger partial charge >= 0.3 is 0 Å². The van der Waals surface area contributed by atoms with Crippen molar-refractivity contribution in [2.24, 2.45) is 0 Å². The minimum absolute atomic E-state index is 0.0796. The molecule has 1 aromatic rings. The molecule has 0 radical (unpaired) electrons. The highest BCUT2D eigenvalue weighted by molar-refractivity contribution is 9.10. The van der Waals surface area contributed by atoms with E-state index >= 15 is 0 Å². The number of hydrogen-bond donors (Lipinski definition) is 1. The van der Waals surface area contributed by atoms with Crippen LogP contribution in [0.2, 0.25) is 0 Å². The molecule has 0 saturated heterocycles. The summed E-state index contributed by atoms with van der Waals surface area (Å²) in [5, 5.41) is 11.5. The van der Waals surface area contributed by atoms with Crippen molar-refractivity contribution in [2.45, 2.75) is 19.9 Å². The van der Waals surface area contributed by atoms with Crippen LogP contribution in [0.25, 0.3) is 6.08 Å². The monoisotopic (exact) mass is 310 g/mol. The second kappa shape index (κ2) is 6.31. The number of amides is 1. The molecular formula is C13H12BrFN2O. The molecule has 5 heteroatoms. The fraction of sp³-hybridized carbons (Fsp3) is 0.231. The third kappa shape index (κ3) is 3.97. The Kier molecular flexibility index (Phi) is 5.05. The van der Waals surface area contributed by atoms with Crippen molar-refractivity contribution in [2.75, 3.05) is 0 Å². The molecule has 1 amide bonds. The van der Waals surface area contributed by atoms with Gasteiger partial charge in [0.1, 0.15) is 17.5 Å². The maximum atomic E-state index is 13.6. The van der Waals surface area contributed by atoms with Crippen molar-refractivity contribution in [1.29, 1.82) is 5.26 Å². The standard InChI is InChI=1S/C13H12BrFN2O/c1-8(2)17-13(18)10(7-16)5-9-3-4-11(14)6-12(9)15/h3-6,8H,1-2H3,(H,17,18). The number of carbonyl (C=O) groups is 1. The predicted octanol–water partition coefficient (Wildman–Crippen LogP) is 3.02. The Labute approximate surface area is 113 Å². The van der Waals surface area contributed by atoms with Crippen LogP contribution >= 0.6 is 15.9 Å². The Bertz CT molecular complexity index is 532. The van der Waals surface area contributed by atoms with E-state index in [0.29, 0.717) is 4.47 Å². The van der Waals surface area contributed by atoms with Gasteiger partial charge in [-0.2, -0.15) is 5.26 Å². The molecule has 0 bridgehead atoms. The van der Waals surface area contributed by atoms with E-state index in [1.807, 2.05) is 0 Å². The number of benzene rings is 1. The van der Waals surface area contributed by atoms with Crippen LogP contribution < -0.4 is 5.32 Å². The zero-order valence-corrected chi connectivity index (χ0v) is 11.6. The van der Waals surface area contributed by atoms with Gasteiger partial charge in [0.2, 0.25) is 0 Å². The van der Waals surface area contributed by atoms with Crippen molar-refractivity contribution in [3.63, 3.8) is 0 Å². The zero-order valence-electron chi connectivity index (χ0n) is 10.00. The molecule has 0 aliphatic carbocycles. The summed E-state index contributed by atoms with van der Waals surface area (Å²) in [6, 6.07) is 6.11. The third-order valence-corrected chi connectivity index (χ3v) is 2.54. The summed E-state index contributed by atoms with van der Waals surface area (Å²) in [6.07, 6.45) is 1.24. The molecule has 0 aromatic heterocycles. The van der Waals surface area contributed by atoms with Gasteiger partial charge in [-0.05, 0) is 32.1 Å². The number of hydrogen-bond acceptors (Lipinski definition) is 2. The second-order valence-electron chi connectivity index (χ2n) is 3.96. The van der Waals surface area contributed by atoms with Crippen LogP contribution in [-0.2, 0) is 4.79 Å². The molecular weight excluding hydrogens is 299 g/mol. The fourth-order valence-corrected chi connectivity index (χ4v) is 1.60. The van der Waals surface area contributed by atoms with Crippen molar-refractivity contribution in [3.05, 3.63) is 39.6 Å². The lowest BCUT2D eigenvalue weighted by atomic mass is 10.1. The highest BCUT2D eigenvalue weighted by atomic mass is 79.9. The van der Waals surface area contributed by atoms with Gasteiger partial charge in [0.05, 0.1) is 0 Å². The Hall–Kier alpha value is -1.67. The smallest absolute Gasteiger partial charge is 0.262 e. The summed E-state index contributed by atoms with van der Waals surface area (Å²) in [6.45, 7) is 3.57. The average molecular weight is 311 g/mol. The highest BCUT2D eigenvalue weighted by Crippen LogP contribution is 2.17. The van der Waals surface area contributed by atoms with Crippen LogP contribution in [0.15, 0.2) is 28.2 Å². The predicted molar refractivity (Wildman–Crippen MR) is 71.0 cm³/mol. The fourth-order valence-electron chi connectivity index (χ4n) is 1.26. The van der Waals surface area contributed by atoms with Gasteiger partial charge < -0.3 is 5.32 Å². The van der Waals surface area contributed by atoms with E-state index in [-0.39, 0.29) is 17.2 Å². The molecule has 0 atom stereocenters. The van der Waals surface area contributed by atoms with Crippen LogP contribution in [0.4, 0.5) is 4.39 Å².